The van der Waals surface area contributed by atoms with Crippen molar-refractivity contribution in [2.75, 3.05) is 30.8 Å². The maximum Gasteiger partial charge on any atom is 0.229 e. The molecular weight excluding hydrogens is 538 g/mol. The van der Waals surface area contributed by atoms with Crippen LogP contribution in [0.4, 0.5) is 23.1 Å². The maximum atomic E-state index is 12.9. The number of hydrogen-bond donors (Lipinski definition) is 2. The number of aryl methyl sites for hydroxylation is 2. The van der Waals surface area contributed by atoms with Crippen molar-refractivity contribution < 1.29 is 13.2 Å². The van der Waals surface area contributed by atoms with Gasteiger partial charge in [0.05, 0.1) is 28.9 Å². The molecule has 212 valence electrons. The molecule has 1 unspecified atom stereocenters. The van der Waals surface area contributed by atoms with Crippen LogP contribution in [0.1, 0.15) is 57.6 Å². The Bertz CT molecular complexity index is 1440. The van der Waals surface area contributed by atoms with E-state index in [9.17, 15) is 8.42 Å². The van der Waals surface area contributed by atoms with Crippen molar-refractivity contribution in [1.29, 1.82) is 0 Å². The monoisotopic (exact) mass is 575 g/mol. The van der Waals surface area contributed by atoms with Gasteiger partial charge in [-0.15, -0.1) is 0 Å². The number of aromatic nitrogens is 4. The molecule has 0 bridgehead atoms. The molecule has 0 saturated carbocycles. The van der Waals surface area contributed by atoms with Crippen molar-refractivity contribution in [2.45, 2.75) is 69.8 Å². The molecule has 1 saturated heterocycles. The Hall–Kier alpha value is -2.89. The van der Waals surface area contributed by atoms with E-state index in [1.54, 1.807) is 27.1 Å². The van der Waals surface area contributed by atoms with Crippen LogP contribution in [0.3, 0.4) is 0 Å². The van der Waals surface area contributed by atoms with Crippen LogP contribution >= 0.6 is 11.6 Å². The lowest BCUT2D eigenvalue weighted by atomic mass is 9.87. The third kappa shape index (κ3) is 6.64. The number of halogens is 1. The number of likely N-dealkylation sites (tertiary alicyclic amines) is 1. The quantitative estimate of drug-likeness (QED) is 0.344. The SMILES string of the molecule is Cc1cc(Nc2ncc(Cl)c(Nc3cn(C)nc3S(=O)(=O)C(C)C)n2)c(OC(C)C)cc1C1CCCN(C)C1. The van der Waals surface area contributed by atoms with Gasteiger partial charge in [0.25, 0.3) is 0 Å². The molecule has 1 aromatic carbocycles. The van der Waals surface area contributed by atoms with E-state index in [1.165, 1.54) is 28.4 Å². The molecular formula is C27H38ClN7O3S. The summed E-state index contributed by atoms with van der Waals surface area (Å²) in [6, 6.07) is 4.20. The third-order valence-corrected chi connectivity index (χ3v) is 9.08. The summed E-state index contributed by atoms with van der Waals surface area (Å²) in [6.45, 7) is 11.5. The number of nitrogens with zero attached hydrogens (tertiary/aromatic N) is 5. The number of anilines is 4. The van der Waals surface area contributed by atoms with Crippen LogP contribution in [-0.4, -0.2) is 64.6 Å². The number of hydrogen-bond acceptors (Lipinski definition) is 9. The standard InChI is InChI=1S/C27H38ClN7O3S/c1-16(2)38-24-12-20(19-9-8-10-34(6)14-19)18(5)11-22(24)31-27-29-13-21(28)25(32-27)30-23-15-35(7)33-26(23)39(36,37)17(3)4/h11-13,15-17,19H,8-10,14H2,1-7H3,(H2,29,30,31,32). The number of sulfone groups is 1. The summed E-state index contributed by atoms with van der Waals surface area (Å²) in [5.41, 5.74) is 3.49. The molecule has 3 heterocycles. The second-order valence-corrected chi connectivity index (χ2v) is 13.6. The fourth-order valence-electron chi connectivity index (χ4n) is 4.76. The molecule has 0 spiro atoms. The van der Waals surface area contributed by atoms with E-state index in [2.05, 4.69) is 56.7 Å². The van der Waals surface area contributed by atoms with Gasteiger partial charge in [-0.1, -0.05) is 11.6 Å². The molecule has 10 nitrogen and oxygen atoms in total. The Morgan fingerprint density at radius 3 is 2.54 bits per heavy atom. The van der Waals surface area contributed by atoms with E-state index in [0.717, 1.165) is 30.9 Å². The van der Waals surface area contributed by atoms with Crippen molar-refractivity contribution >= 4 is 44.6 Å². The van der Waals surface area contributed by atoms with E-state index in [4.69, 9.17) is 16.3 Å². The molecule has 39 heavy (non-hydrogen) atoms. The molecule has 2 N–H and O–H groups in total. The topological polar surface area (TPSA) is 114 Å². The van der Waals surface area contributed by atoms with Gasteiger partial charge in [0.1, 0.15) is 10.8 Å². The fourth-order valence-corrected chi connectivity index (χ4v) is 6.00. The van der Waals surface area contributed by atoms with E-state index in [0.29, 0.717) is 11.6 Å². The van der Waals surface area contributed by atoms with Crippen LogP contribution in [0, 0.1) is 6.92 Å². The van der Waals surface area contributed by atoms with Gasteiger partial charge < -0.3 is 20.3 Å². The molecule has 1 aliphatic heterocycles. The summed E-state index contributed by atoms with van der Waals surface area (Å²) in [5, 5.41) is 10.0. The predicted octanol–water partition coefficient (Wildman–Crippen LogP) is 5.44. The van der Waals surface area contributed by atoms with E-state index < -0.39 is 15.1 Å². The van der Waals surface area contributed by atoms with E-state index >= 15 is 0 Å². The van der Waals surface area contributed by atoms with Crippen LogP contribution in [-0.2, 0) is 16.9 Å². The maximum absolute atomic E-state index is 12.9. The van der Waals surface area contributed by atoms with Gasteiger partial charge in [-0.25, -0.2) is 13.4 Å². The number of benzene rings is 1. The zero-order valence-electron chi connectivity index (χ0n) is 23.6. The first-order valence-electron chi connectivity index (χ1n) is 13.2. The fraction of sp³-hybridized carbons (Fsp3) is 0.519. The molecule has 4 rings (SSSR count). The van der Waals surface area contributed by atoms with E-state index in [-0.39, 0.29) is 27.9 Å². The molecule has 1 aliphatic rings. The number of ether oxygens (including phenoxy) is 1. The Balaban J connectivity index is 1.66. The highest BCUT2D eigenvalue weighted by Crippen LogP contribution is 2.37. The van der Waals surface area contributed by atoms with Gasteiger partial charge in [-0.2, -0.15) is 10.1 Å². The van der Waals surface area contributed by atoms with Gasteiger partial charge in [-0.3, -0.25) is 4.68 Å². The average molecular weight is 576 g/mol. The Labute approximate surface area is 236 Å². The molecule has 1 fully saturated rings. The smallest absolute Gasteiger partial charge is 0.229 e. The van der Waals surface area contributed by atoms with Crippen LogP contribution in [0.15, 0.2) is 29.6 Å². The summed E-state index contributed by atoms with van der Waals surface area (Å²) >= 11 is 6.41. The van der Waals surface area contributed by atoms with E-state index in [1.807, 2.05) is 13.8 Å². The van der Waals surface area contributed by atoms with Crippen LogP contribution in [0.25, 0.3) is 0 Å². The normalized spacial score (nSPS) is 16.6. The predicted molar refractivity (Wildman–Crippen MR) is 156 cm³/mol. The lowest BCUT2D eigenvalue weighted by Gasteiger charge is -2.31. The lowest BCUT2D eigenvalue weighted by Crippen LogP contribution is -2.31. The second-order valence-electron chi connectivity index (χ2n) is 10.7. The van der Waals surface area contributed by atoms with Crippen LogP contribution in [0.2, 0.25) is 5.02 Å². The highest BCUT2D eigenvalue weighted by Gasteiger charge is 2.27. The molecule has 0 amide bonds. The largest absolute Gasteiger partial charge is 0.489 e. The van der Waals surface area contributed by atoms with Gasteiger partial charge in [0, 0.05) is 19.8 Å². The number of likely N-dealkylation sites (N-methyl/N-ethyl adjacent to an activating group) is 1. The van der Waals surface area contributed by atoms with Crippen molar-refractivity contribution in [2.24, 2.45) is 7.05 Å². The molecule has 0 radical (unpaired) electrons. The number of rotatable bonds is 9. The van der Waals surface area contributed by atoms with Crippen molar-refractivity contribution in [3.8, 4) is 5.75 Å². The summed E-state index contributed by atoms with van der Waals surface area (Å²) < 4.78 is 33.4. The van der Waals surface area contributed by atoms with Crippen LogP contribution in [0.5, 0.6) is 5.75 Å². The number of nitrogens with one attached hydrogen (secondary N) is 2. The molecule has 1 atom stereocenters. The van der Waals surface area contributed by atoms with Crippen molar-refractivity contribution in [3.05, 3.63) is 40.7 Å². The van der Waals surface area contributed by atoms with Crippen molar-refractivity contribution in [3.63, 3.8) is 0 Å². The Morgan fingerprint density at radius 2 is 1.87 bits per heavy atom. The van der Waals surface area contributed by atoms with Gasteiger partial charge in [0.15, 0.2) is 5.82 Å². The molecule has 3 aromatic rings. The molecule has 0 aliphatic carbocycles. The van der Waals surface area contributed by atoms with Gasteiger partial charge in [0.2, 0.25) is 20.8 Å². The minimum Gasteiger partial charge on any atom is -0.489 e. The minimum atomic E-state index is -3.63. The van der Waals surface area contributed by atoms with Crippen LogP contribution < -0.4 is 15.4 Å². The highest BCUT2D eigenvalue weighted by molar-refractivity contribution is 7.92. The summed E-state index contributed by atoms with van der Waals surface area (Å²) in [7, 11) is 0.192. The van der Waals surface area contributed by atoms with Gasteiger partial charge >= 0.3 is 0 Å². The van der Waals surface area contributed by atoms with Gasteiger partial charge in [-0.05, 0) is 90.2 Å². The first-order valence-corrected chi connectivity index (χ1v) is 15.1. The first-order chi connectivity index (χ1) is 18.3. The Kier molecular flexibility index (Phi) is 8.72. The summed E-state index contributed by atoms with van der Waals surface area (Å²) in [6.07, 6.45) is 5.35. The minimum absolute atomic E-state index is 0.0228. The molecule has 2 aromatic heterocycles. The summed E-state index contributed by atoms with van der Waals surface area (Å²) in [4.78, 5) is 11.3. The highest BCUT2D eigenvalue weighted by atomic mass is 35.5. The molecule has 12 heteroatoms. The third-order valence-electron chi connectivity index (χ3n) is 6.72. The second kappa shape index (κ2) is 11.7. The summed E-state index contributed by atoms with van der Waals surface area (Å²) in [5.74, 6) is 1.72. The Morgan fingerprint density at radius 1 is 1.13 bits per heavy atom. The zero-order chi connectivity index (χ0) is 28.5. The number of piperidine rings is 1. The van der Waals surface area contributed by atoms with Crippen molar-refractivity contribution in [1.82, 2.24) is 24.6 Å². The average Bonchev–Trinajstić information content (AvgIpc) is 3.23. The first kappa shape index (κ1) is 29.1. The zero-order valence-corrected chi connectivity index (χ0v) is 25.2. The lowest BCUT2D eigenvalue weighted by molar-refractivity contribution is 0.239.